The number of unbranched alkanes of at least 4 members (excludes halogenated alkanes) is 19. The average Bonchev–Trinajstić information content (AvgIpc) is 3.22. The molecular formula is C52H88O6. The highest BCUT2D eigenvalue weighted by molar-refractivity contribution is 5.71. The smallest absolute Gasteiger partial charge is 0.306 e. The van der Waals surface area contributed by atoms with Gasteiger partial charge in [-0.3, -0.25) is 14.4 Å². The minimum absolute atomic E-state index is 0.0935. The monoisotopic (exact) mass is 809 g/mol. The molecular weight excluding hydrogens is 721 g/mol. The minimum Gasteiger partial charge on any atom is -0.462 e. The van der Waals surface area contributed by atoms with Crippen LogP contribution in [-0.4, -0.2) is 37.2 Å². The number of carbonyl (C=O) groups is 3. The fourth-order valence-electron chi connectivity index (χ4n) is 6.33. The van der Waals surface area contributed by atoms with Crippen LogP contribution in [0.5, 0.6) is 0 Å². The van der Waals surface area contributed by atoms with Crippen LogP contribution in [0.15, 0.2) is 72.9 Å². The Hall–Kier alpha value is -3.15. The van der Waals surface area contributed by atoms with E-state index in [1.54, 1.807) is 0 Å². The van der Waals surface area contributed by atoms with Crippen molar-refractivity contribution < 1.29 is 28.6 Å². The summed E-state index contributed by atoms with van der Waals surface area (Å²) in [6, 6.07) is 0. The van der Waals surface area contributed by atoms with E-state index in [9.17, 15) is 14.4 Å². The van der Waals surface area contributed by atoms with Gasteiger partial charge in [0.25, 0.3) is 0 Å². The molecule has 0 saturated heterocycles. The minimum atomic E-state index is -0.796. The zero-order chi connectivity index (χ0) is 42.3. The maximum Gasteiger partial charge on any atom is 0.306 e. The number of carbonyl (C=O) groups excluding carboxylic acids is 3. The van der Waals surface area contributed by atoms with Crippen LogP contribution in [0.2, 0.25) is 0 Å². The van der Waals surface area contributed by atoms with Crippen LogP contribution in [0.4, 0.5) is 0 Å². The Bertz CT molecular complexity index is 1110. The van der Waals surface area contributed by atoms with Crippen molar-refractivity contribution >= 4 is 17.9 Å². The molecule has 0 saturated carbocycles. The van der Waals surface area contributed by atoms with Crippen molar-refractivity contribution in [1.82, 2.24) is 0 Å². The summed E-state index contributed by atoms with van der Waals surface area (Å²) in [5.41, 5.74) is 0. The van der Waals surface area contributed by atoms with Crippen molar-refractivity contribution in [3.8, 4) is 0 Å². The highest BCUT2D eigenvalue weighted by Crippen LogP contribution is 2.14. The number of allylic oxidation sites excluding steroid dienone is 12. The van der Waals surface area contributed by atoms with Gasteiger partial charge in [0.1, 0.15) is 13.2 Å². The van der Waals surface area contributed by atoms with Gasteiger partial charge in [-0.2, -0.15) is 0 Å². The van der Waals surface area contributed by atoms with Crippen LogP contribution in [-0.2, 0) is 28.6 Å². The van der Waals surface area contributed by atoms with Gasteiger partial charge in [0.2, 0.25) is 0 Å². The van der Waals surface area contributed by atoms with Gasteiger partial charge in [-0.1, -0.05) is 190 Å². The number of ether oxygens (including phenoxy) is 3. The summed E-state index contributed by atoms with van der Waals surface area (Å²) >= 11 is 0. The Morgan fingerprint density at radius 3 is 1.14 bits per heavy atom. The maximum absolute atomic E-state index is 12.7. The molecule has 0 heterocycles. The molecule has 0 radical (unpaired) electrons. The second-order valence-electron chi connectivity index (χ2n) is 15.6. The van der Waals surface area contributed by atoms with E-state index in [0.29, 0.717) is 19.3 Å². The molecule has 332 valence electrons. The zero-order valence-corrected chi connectivity index (χ0v) is 37.8. The Balaban J connectivity index is 4.47. The Kier molecular flexibility index (Phi) is 44.0. The SMILES string of the molecule is CC/C=C\C/C=C\C/C=C\C/C=C\CCCCC(=O)OCC(COC(=O)CCCCCCCCCCCCC)OC(=O)CCCCCCC/C=C\C/C=C\CCCC. The van der Waals surface area contributed by atoms with Gasteiger partial charge in [0.05, 0.1) is 0 Å². The predicted octanol–water partition coefficient (Wildman–Crippen LogP) is 15.5. The summed E-state index contributed by atoms with van der Waals surface area (Å²) in [6.45, 7) is 6.41. The lowest BCUT2D eigenvalue weighted by atomic mass is 10.1. The highest BCUT2D eigenvalue weighted by atomic mass is 16.6. The molecule has 0 N–H and O–H groups in total. The molecule has 0 bridgehead atoms. The molecule has 1 atom stereocenters. The number of esters is 3. The predicted molar refractivity (Wildman–Crippen MR) is 247 cm³/mol. The van der Waals surface area contributed by atoms with Crippen molar-refractivity contribution in [2.45, 2.75) is 226 Å². The molecule has 58 heavy (non-hydrogen) atoms. The second kappa shape index (κ2) is 46.5. The third kappa shape index (κ3) is 44.0. The number of hydrogen-bond donors (Lipinski definition) is 0. The third-order valence-electron chi connectivity index (χ3n) is 9.95. The van der Waals surface area contributed by atoms with Crippen molar-refractivity contribution in [2.75, 3.05) is 13.2 Å². The summed E-state index contributed by atoms with van der Waals surface area (Å²) in [5.74, 6) is -0.954. The van der Waals surface area contributed by atoms with Gasteiger partial charge in [-0.15, -0.1) is 0 Å². The summed E-state index contributed by atoms with van der Waals surface area (Å²) < 4.78 is 16.7. The van der Waals surface area contributed by atoms with Gasteiger partial charge in [0, 0.05) is 19.3 Å². The second-order valence-corrected chi connectivity index (χ2v) is 15.6. The van der Waals surface area contributed by atoms with E-state index < -0.39 is 6.10 Å². The van der Waals surface area contributed by atoms with E-state index in [-0.39, 0.29) is 31.1 Å². The average molecular weight is 809 g/mol. The van der Waals surface area contributed by atoms with Gasteiger partial charge < -0.3 is 14.2 Å². The zero-order valence-electron chi connectivity index (χ0n) is 37.8. The largest absolute Gasteiger partial charge is 0.462 e. The molecule has 0 spiro atoms. The van der Waals surface area contributed by atoms with Crippen LogP contribution >= 0.6 is 0 Å². The first kappa shape index (κ1) is 54.9. The first-order valence-corrected chi connectivity index (χ1v) is 23.9. The molecule has 0 aromatic rings. The third-order valence-corrected chi connectivity index (χ3v) is 9.95. The first-order chi connectivity index (χ1) is 28.5. The quantitative estimate of drug-likeness (QED) is 0.0264. The number of rotatable bonds is 42. The fourth-order valence-corrected chi connectivity index (χ4v) is 6.33. The molecule has 0 aromatic carbocycles. The molecule has 1 unspecified atom stereocenters. The summed E-state index contributed by atoms with van der Waals surface area (Å²) in [7, 11) is 0. The molecule has 6 heteroatoms. The summed E-state index contributed by atoms with van der Waals surface area (Å²) in [6.07, 6.45) is 57.4. The van der Waals surface area contributed by atoms with E-state index in [1.807, 2.05) is 0 Å². The van der Waals surface area contributed by atoms with E-state index in [0.717, 1.165) is 109 Å². The molecule has 0 aliphatic carbocycles. The van der Waals surface area contributed by atoms with E-state index in [2.05, 4.69) is 93.7 Å². The van der Waals surface area contributed by atoms with Crippen LogP contribution in [0.25, 0.3) is 0 Å². The van der Waals surface area contributed by atoms with Crippen LogP contribution < -0.4 is 0 Å². The fraction of sp³-hybridized carbons (Fsp3) is 0.712. The Morgan fingerprint density at radius 2 is 0.690 bits per heavy atom. The van der Waals surface area contributed by atoms with Gasteiger partial charge in [0.15, 0.2) is 6.10 Å². The molecule has 0 aliphatic heterocycles. The van der Waals surface area contributed by atoms with Gasteiger partial charge >= 0.3 is 17.9 Å². The lowest BCUT2D eigenvalue weighted by molar-refractivity contribution is -0.167. The van der Waals surface area contributed by atoms with Crippen molar-refractivity contribution in [2.24, 2.45) is 0 Å². The molecule has 0 aliphatic rings. The van der Waals surface area contributed by atoms with E-state index in [1.165, 1.54) is 70.6 Å². The van der Waals surface area contributed by atoms with E-state index >= 15 is 0 Å². The molecule has 6 nitrogen and oxygen atoms in total. The molecule has 0 amide bonds. The van der Waals surface area contributed by atoms with Crippen LogP contribution in [0.3, 0.4) is 0 Å². The summed E-state index contributed by atoms with van der Waals surface area (Å²) in [5, 5.41) is 0. The van der Waals surface area contributed by atoms with Gasteiger partial charge in [-0.05, 0) is 83.5 Å². The highest BCUT2D eigenvalue weighted by Gasteiger charge is 2.19. The lowest BCUT2D eigenvalue weighted by Gasteiger charge is -2.18. The first-order valence-electron chi connectivity index (χ1n) is 23.9. The molecule has 0 rings (SSSR count). The normalized spacial score (nSPS) is 12.7. The van der Waals surface area contributed by atoms with Crippen molar-refractivity contribution in [3.05, 3.63) is 72.9 Å². The summed E-state index contributed by atoms with van der Waals surface area (Å²) in [4.78, 5) is 37.8. The van der Waals surface area contributed by atoms with E-state index in [4.69, 9.17) is 14.2 Å². The van der Waals surface area contributed by atoms with Crippen molar-refractivity contribution in [1.29, 1.82) is 0 Å². The van der Waals surface area contributed by atoms with Crippen LogP contribution in [0.1, 0.15) is 220 Å². The maximum atomic E-state index is 12.7. The van der Waals surface area contributed by atoms with Gasteiger partial charge in [-0.25, -0.2) is 0 Å². The number of hydrogen-bond acceptors (Lipinski definition) is 6. The van der Waals surface area contributed by atoms with Crippen LogP contribution in [0, 0.1) is 0 Å². The topological polar surface area (TPSA) is 78.9 Å². The molecule has 0 fully saturated rings. The molecule has 0 aromatic heterocycles. The lowest BCUT2D eigenvalue weighted by Crippen LogP contribution is -2.30. The standard InChI is InChI=1S/C52H88O6/c1-4-7-10-13-16-19-22-24-26-28-30-33-36-39-42-45-51(54)57-48-49(47-56-50(53)44-41-38-35-32-29-21-18-15-12-9-6-3)58-52(55)46-43-40-37-34-31-27-25-23-20-17-14-11-8-5-2/h7,10,14,16-17,19,23-26,30,33,49H,4-6,8-9,11-13,15,18,20-22,27-29,31-32,34-48H2,1-3H3/b10-7-,17-14-,19-16-,25-23-,26-24-,33-30-. The Labute approximate surface area is 357 Å². The Morgan fingerprint density at radius 1 is 0.362 bits per heavy atom. The van der Waals surface area contributed by atoms with Crippen molar-refractivity contribution in [3.63, 3.8) is 0 Å².